The Kier molecular flexibility index (Phi) is 9.56. The predicted octanol–water partition coefficient (Wildman–Crippen LogP) is 5.18. The third-order valence-corrected chi connectivity index (χ3v) is 5.62. The summed E-state index contributed by atoms with van der Waals surface area (Å²) in [6, 6.07) is 6.48. The Morgan fingerprint density at radius 2 is 1.96 bits per heavy atom. The van der Waals surface area contributed by atoms with E-state index < -0.39 is 0 Å². The minimum Gasteiger partial charge on any atom is -0.491 e. The summed E-state index contributed by atoms with van der Waals surface area (Å²) in [5.41, 5.74) is 2.95. The van der Waals surface area contributed by atoms with E-state index in [-0.39, 0.29) is 12.6 Å². The van der Waals surface area contributed by atoms with Crippen molar-refractivity contribution in [2.45, 2.75) is 71.1 Å². The van der Waals surface area contributed by atoms with Crippen molar-refractivity contribution in [3.05, 3.63) is 41.5 Å². The molecule has 0 amide bonds. The Bertz CT molecular complexity index is 629. The first-order chi connectivity index (χ1) is 13.5. The molecule has 1 aliphatic carbocycles. The molecule has 1 fully saturated rings. The fourth-order valence-electron chi connectivity index (χ4n) is 4.09. The molecule has 0 aromatic heterocycles. The van der Waals surface area contributed by atoms with Gasteiger partial charge in [-0.25, -0.2) is 4.79 Å². The van der Waals surface area contributed by atoms with E-state index in [2.05, 4.69) is 25.6 Å². The van der Waals surface area contributed by atoms with Crippen LogP contribution in [0.4, 0.5) is 0 Å². The van der Waals surface area contributed by atoms with Crippen molar-refractivity contribution in [1.29, 1.82) is 0 Å². The third-order valence-electron chi connectivity index (χ3n) is 5.62. The molecule has 1 aromatic carbocycles. The van der Waals surface area contributed by atoms with Crippen molar-refractivity contribution in [3.8, 4) is 5.75 Å². The second kappa shape index (κ2) is 11.9. The quantitative estimate of drug-likeness (QED) is 0.322. The smallest absolute Gasteiger partial charge is 0.333 e. The molecule has 0 aliphatic heterocycles. The van der Waals surface area contributed by atoms with Gasteiger partial charge in [-0.15, -0.1) is 0 Å². The van der Waals surface area contributed by atoms with Crippen LogP contribution in [0.2, 0.25) is 0 Å². The molecule has 0 bridgehead atoms. The molecule has 1 N–H and O–H groups in total. The van der Waals surface area contributed by atoms with Crippen LogP contribution in [0.1, 0.15) is 75.8 Å². The van der Waals surface area contributed by atoms with Gasteiger partial charge in [0.05, 0.1) is 13.2 Å². The van der Waals surface area contributed by atoms with Crippen LogP contribution in [0.5, 0.6) is 5.75 Å². The van der Waals surface area contributed by atoms with E-state index in [0.717, 1.165) is 30.1 Å². The van der Waals surface area contributed by atoms with Gasteiger partial charge in [0.25, 0.3) is 0 Å². The van der Waals surface area contributed by atoms with Gasteiger partial charge in [0.2, 0.25) is 0 Å². The lowest BCUT2D eigenvalue weighted by Gasteiger charge is -2.29. The summed E-state index contributed by atoms with van der Waals surface area (Å²) < 4.78 is 10.9. The molecule has 0 saturated heterocycles. The zero-order chi connectivity index (χ0) is 20.4. The Labute approximate surface area is 169 Å². The Balaban J connectivity index is 1.99. The zero-order valence-electron chi connectivity index (χ0n) is 17.5. The lowest BCUT2D eigenvalue weighted by molar-refractivity contribution is -0.139. The summed E-state index contributed by atoms with van der Waals surface area (Å²) in [6.07, 6.45) is 9.33. The maximum Gasteiger partial charge on any atom is 0.333 e. The monoisotopic (exact) mass is 388 g/mol. The number of aryl methyl sites for hydroxylation is 1. The Hall–Kier alpha value is -1.81. The summed E-state index contributed by atoms with van der Waals surface area (Å²) >= 11 is 0. The molecule has 4 nitrogen and oxygen atoms in total. The van der Waals surface area contributed by atoms with Gasteiger partial charge in [-0.3, -0.25) is 0 Å². The van der Waals surface area contributed by atoms with E-state index >= 15 is 0 Å². The second-order valence-electron chi connectivity index (χ2n) is 7.97. The van der Waals surface area contributed by atoms with Gasteiger partial charge in [0, 0.05) is 5.57 Å². The molecular weight excluding hydrogens is 352 g/mol. The first-order valence-electron chi connectivity index (χ1n) is 10.7. The average Bonchev–Trinajstić information content (AvgIpc) is 2.70. The third kappa shape index (κ3) is 6.97. The number of carbonyl (C=O) groups is 1. The number of aliphatic hydroxyl groups excluding tert-OH is 1. The molecule has 1 saturated carbocycles. The minimum absolute atomic E-state index is 0.00113. The van der Waals surface area contributed by atoms with Crippen LogP contribution in [0, 0.1) is 5.92 Å². The predicted molar refractivity (Wildman–Crippen MR) is 113 cm³/mol. The van der Waals surface area contributed by atoms with Gasteiger partial charge >= 0.3 is 5.97 Å². The van der Waals surface area contributed by atoms with Crippen molar-refractivity contribution < 1.29 is 19.4 Å². The van der Waals surface area contributed by atoms with Crippen LogP contribution in [0.25, 0.3) is 0 Å². The first-order valence-corrected chi connectivity index (χ1v) is 10.7. The molecular formula is C24H36O4. The van der Waals surface area contributed by atoms with Crippen LogP contribution < -0.4 is 4.74 Å². The standard InChI is InChI=1S/C24H36O4/c1-4-6-19-8-10-20(11-9-19)21-12-13-23(27-16-14-25)22(17-21)7-5-15-28-24(26)18(2)3/h12-13,17,19-20,25H,2,4-11,14-16H2,1,3H3. The number of ether oxygens (including phenoxy) is 2. The van der Waals surface area contributed by atoms with Crippen LogP contribution >= 0.6 is 0 Å². The summed E-state index contributed by atoms with van der Waals surface area (Å²) in [5, 5.41) is 9.08. The molecule has 1 aromatic rings. The minimum atomic E-state index is -0.339. The highest BCUT2D eigenvalue weighted by atomic mass is 16.5. The van der Waals surface area contributed by atoms with E-state index in [4.69, 9.17) is 14.6 Å². The summed E-state index contributed by atoms with van der Waals surface area (Å²) in [6.45, 7) is 8.19. The molecule has 1 aliphatic rings. The number of aliphatic hydroxyl groups is 1. The number of hydrogen-bond acceptors (Lipinski definition) is 4. The van der Waals surface area contributed by atoms with Crippen LogP contribution in [-0.4, -0.2) is 30.9 Å². The summed E-state index contributed by atoms with van der Waals surface area (Å²) in [4.78, 5) is 11.5. The largest absolute Gasteiger partial charge is 0.491 e. The number of carbonyl (C=O) groups excluding carboxylic acids is 1. The van der Waals surface area contributed by atoms with Crippen LogP contribution in [0.15, 0.2) is 30.4 Å². The molecule has 4 heteroatoms. The molecule has 0 atom stereocenters. The molecule has 0 spiro atoms. The maximum absolute atomic E-state index is 11.5. The highest BCUT2D eigenvalue weighted by molar-refractivity contribution is 5.86. The number of esters is 1. The van der Waals surface area contributed by atoms with Crippen molar-refractivity contribution in [1.82, 2.24) is 0 Å². The van der Waals surface area contributed by atoms with E-state index in [9.17, 15) is 4.79 Å². The van der Waals surface area contributed by atoms with E-state index in [1.165, 1.54) is 44.1 Å². The zero-order valence-corrected chi connectivity index (χ0v) is 17.5. The second-order valence-corrected chi connectivity index (χ2v) is 7.97. The molecule has 0 radical (unpaired) electrons. The van der Waals surface area contributed by atoms with E-state index in [1.54, 1.807) is 6.92 Å². The molecule has 2 rings (SSSR count). The first kappa shape index (κ1) is 22.5. The van der Waals surface area contributed by atoms with Gasteiger partial charge in [-0.2, -0.15) is 0 Å². The van der Waals surface area contributed by atoms with Gasteiger partial charge < -0.3 is 14.6 Å². The van der Waals surface area contributed by atoms with Crippen molar-refractivity contribution in [3.63, 3.8) is 0 Å². The van der Waals surface area contributed by atoms with Crippen molar-refractivity contribution in [2.24, 2.45) is 5.92 Å². The van der Waals surface area contributed by atoms with Crippen molar-refractivity contribution in [2.75, 3.05) is 19.8 Å². The average molecular weight is 389 g/mol. The Morgan fingerprint density at radius 3 is 2.61 bits per heavy atom. The van der Waals surface area contributed by atoms with E-state index in [0.29, 0.717) is 24.7 Å². The normalized spacial score (nSPS) is 19.2. The fourth-order valence-corrected chi connectivity index (χ4v) is 4.09. The molecule has 28 heavy (non-hydrogen) atoms. The van der Waals surface area contributed by atoms with Gasteiger partial charge in [0.1, 0.15) is 12.4 Å². The van der Waals surface area contributed by atoms with Gasteiger partial charge in [-0.1, -0.05) is 38.5 Å². The van der Waals surface area contributed by atoms with Gasteiger partial charge in [0.15, 0.2) is 0 Å². The highest BCUT2D eigenvalue weighted by Gasteiger charge is 2.22. The molecule has 156 valence electrons. The maximum atomic E-state index is 11.5. The lowest BCUT2D eigenvalue weighted by atomic mass is 9.77. The fraction of sp³-hybridized carbons (Fsp3) is 0.625. The summed E-state index contributed by atoms with van der Waals surface area (Å²) in [5.74, 6) is 2.01. The molecule has 0 unspecified atom stereocenters. The molecule has 0 heterocycles. The number of rotatable bonds is 11. The summed E-state index contributed by atoms with van der Waals surface area (Å²) in [7, 11) is 0. The lowest BCUT2D eigenvalue weighted by Crippen LogP contribution is -2.14. The van der Waals surface area contributed by atoms with Crippen LogP contribution in [-0.2, 0) is 16.0 Å². The van der Waals surface area contributed by atoms with Crippen LogP contribution in [0.3, 0.4) is 0 Å². The van der Waals surface area contributed by atoms with E-state index in [1.807, 2.05) is 6.07 Å². The van der Waals surface area contributed by atoms with Gasteiger partial charge in [-0.05, 0) is 74.5 Å². The highest BCUT2D eigenvalue weighted by Crippen LogP contribution is 2.38. The Morgan fingerprint density at radius 1 is 1.21 bits per heavy atom. The number of benzene rings is 1. The topological polar surface area (TPSA) is 55.8 Å². The number of hydrogen-bond donors (Lipinski definition) is 1. The SMILES string of the molecule is C=C(C)C(=O)OCCCc1cc(C2CCC(CCC)CC2)ccc1OCCO. The van der Waals surface area contributed by atoms with Crippen molar-refractivity contribution >= 4 is 5.97 Å².